The van der Waals surface area contributed by atoms with Crippen molar-refractivity contribution in [3.8, 4) is 11.5 Å². The molecule has 0 fully saturated rings. The van der Waals surface area contributed by atoms with Crippen LogP contribution in [0.25, 0.3) is 0 Å². The van der Waals surface area contributed by atoms with Crippen LogP contribution in [0.4, 0.5) is 15.8 Å². The van der Waals surface area contributed by atoms with Gasteiger partial charge in [0.15, 0.2) is 18.1 Å². The number of hydrogen-bond donors (Lipinski definition) is 3. The number of benzene rings is 3. The van der Waals surface area contributed by atoms with Crippen molar-refractivity contribution >= 4 is 35.3 Å². The van der Waals surface area contributed by atoms with Crippen LogP contribution in [-0.2, 0) is 14.4 Å². The van der Waals surface area contributed by atoms with Crippen LogP contribution in [0, 0.1) is 12.7 Å². The second-order valence-corrected chi connectivity index (χ2v) is 7.51. The molecule has 3 rings (SSSR count). The van der Waals surface area contributed by atoms with E-state index in [9.17, 15) is 18.8 Å². The molecule has 9 nitrogen and oxygen atoms in total. The lowest BCUT2D eigenvalue weighted by atomic mass is 10.2. The van der Waals surface area contributed by atoms with E-state index in [1.54, 1.807) is 31.2 Å². The summed E-state index contributed by atoms with van der Waals surface area (Å²) in [6.45, 7) is 3.86. The van der Waals surface area contributed by atoms with Gasteiger partial charge in [0, 0.05) is 11.4 Å². The second-order valence-electron chi connectivity index (χ2n) is 7.51. The van der Waals surface area contributed by atoms with E-state index < -0.39 is 17.6 Å². The van der Waals surface area contributed by atoms with Crippen LogP contribution in [0.15, 0.2) is 71.8 Å². The van der Waals surface area contributed by atoms with Crippen LogP contribution in [-0.4, -0.2) is 37.1 Å². The topological polar surface area (TPSA) is 118 Å². The molecule has 186 valence electrons. The first-order valence-electron chi connectivity index (χ1n) is 11.0. The van der Waals surface area contributed by atoms with Crippen LogP contribution in [0.1, 0.15) is 18.1 Å². The van der Waals surface area contributed by atoms with Crippen molar-refractivity contribution in [1.29, 1.82) is 0 Å². The van der Waals surface area contributed by atoms with Crippen molar-refractivity contribution in [2.75, 3.05) is 23.8 Å². The van der Waals surface area contributed by atoms with Gasteiger partial charge in [0.25, 0.3) is 5.91 Å². The third kappa shape index (κ3) is 7.94. The summed E-state index contributed by atoms with van der Waals surface area (Å²) in [6.07, 6.45) is 1.32. The number of hydrogen-bond acceptors (Lipinski definition) is 6. The Balaban J connectivity index is 1.55. The van der Waals surface area contributed by atoms with Crippen molar-refractivity contribution in [2.24, 2.45) is 5.10 Å². The molecule has 0 unspecified atom stereocenters. The normalized spacial score (nSPS) is 10.5. The van der Waals surface area contributed by atoms with E-state index in [2.05, 4.69) is 21.2 Å². The van der Waals surface area contributed by atoms with Crippen LogP contribution in [0.5, 0.6) is 11.5 Å². The highest BCUT2D eigenvalue weighted by molar-refractivity contribution is 6.39. The summed E-state index contributed by atoms with van der Waals surface area (Å²) in [5, 5.41) is 8.87. The Bertz CT molecular complexity index is 1260. The van der Waals surface area contributed by atoms with Gasteiger partial charge < -0.3 is 20.1 Å². The van der Waals surface area contributed by atoms with Crippen molar-refractivity contribution in [2.45, 2.75) is 13.8 Å². The number of anilines is 2. The predicted octanol–water partition coefficient (Wildman–Crippen LogP) is 3.64. The number of nitrogens with zero attached hydrogens (tertiary/aromatic N) is 1. The Labute approximate surface area is 207 Å². The third-order valence-corrected chi connectivity index (χ3v) is 4.62. The second kappa shape index (κ2) is 12.7. The highest BCUT2D eigenvalue weighted by Gasteiger charge is 2.13. The van der Waals surface area contributed by atoms with Crippen LogP contribution in [0.2, 0.25) is 0 Å². The molecule has 0 radical (unpaired) electrons. The number of rotatable bonds is 9. The molecule has 0 aliphatic carbocycles. The number of halogens is 1. The van der Waals surface area contributed by atoms with E-state index in [0.29, 0.717) is 29.4 Å². The fraction of sp³-hybridized carbons (Fsp3) is 0.154. The van der Waals surface area contributed by atoms with Crippen LogP contribution >= 0.6 is 0 Å². The molecule has 3 aromatic carbocycles. The monoisotopic (exact) mass is 492 g/mol. The van der Waals surface area contributed by atoms with Gasteiger partial charge in [-0.05, 0) is 79.6 Å². The van der Waals surface area contributed by atoms with Gasteiger partial charge in [0.2, 0.25) is 0 Å². The van der Waals surface area contributed by atoms with E-state index in [1.165, 1.54) is 18.3 Å². The summed E-state index contributed by atoms with van der Waals surface area (Å²) in [6, 6.07) is 17.3. The summed E-state index contributed by atoms with van der Waals surface area (Å²) >= 11 is 0. The minimum atomic E-state index is -1.000. The zero-order chi connectivity index (χ0) is 25.9. The Morgan fingerprint density at radius 1 is 0.889 bits per heavy atom. The van der Waals surface area contributed by atoms with Gasteiger partial charge in [-0.2, -0.15) is 5.10 Å². The molecule has 0 aliphatic rings. The number of nitrogens with one attached hydrogen (secondary N) is 3. The van der Waals surface area contributed by atoms with E-state index in [4.69, 9.17) is 9.47 Å². The molecule has 0 aliphatic heterocycles. The first-order valence-corrected chi connectivity index (χ1v) is 11.0. The van der Waals surface area contributed by atoms with Gasteiger partial charge >= 0.3 is 11.8 Å². The molecular weight excluding hydrogens is 467 g/mol. The minimum absolute atomic E-state index is 0.222. The molecule has 3 N–H and O–H groups in total. The molecule has 0 heterocycles. The van der Waals surface area contributed by atoms with Crippen LogP contribution in [0.3, 0.4) is 0 Å². The SMILES string of the molecule is CCOc1cc(/C=N\NC(=O)C(=O)Nc2ccc(F)cc2)ccc1OCC(=O)Nc1cccc(C)c1. The first-order chi connectivity index (χ1) is 17.3. The molecule has 0 atom stereocenters. The molecule has 10 heteroatoms. The smallest absolute Gasteiger partial charge is 0.329 e. The quantitative estimate of drug-likeness (QED) is 0.240. The van der Waals surface area contributed by atoms with Gasteiger partial charge in [0.05, 0.1) is 12.8 Å². The average Bonchev–Trinajstić information content (AvgIpc) is 2.85. The minimum Gasteiger partial charge on any atom is -0.490 e. The standard InChI is InChI=1S/C26H25FN4O5/c1-3-35-23-14-18(15-28-31-26(34)25(33)30-20-10-8-19(27)9-11-20)7-12-22(23)36-16-24(32)29-21-6-4-5-17(2)13-21/h4-15H,3,16H2,1-2H3,(H,29,32)(H,30,33)(H,31,34)/b28-15-. The van der Waals surface area contributed by atoms with Crippen molar-refractivity contribution in [1.82, 2.24) is 5.43 Å². The van der Waals surface area contributed by atoms with Gasteiger partial charge in [-0.15, -0.1) is 0 Å². The Morgan fingerprint density at radius 2 is 1.67 bits per heavy atom. The van der Waals surface area contributed by atoms with Gasteiger partial charge in [-0.25, -0.2) is 9.82 Å². The number of carbonyl (C=O) groups excluding carboxylic acids is 3. The van der Waals surface area contributed by atoms with Gasteiger partial charge in [-0.3, -0.25) is 14.4 Å². The summed E-state index contributed by atoms with van der Waals surface area (Å²) in [4.78, 5) is 36.1. The molecule has 36 heavy (non-hydrogen) atoms. The average molecular weight is 493 g/mol. The molecule has 0 aromatic heterocycles. The lowest BCUT2D eigenvalue weighted by Crippen LogP contribution is -2.32. The van der Waals surface area contributed by atoms with Gasteiger partial charge in [0.1, 0.15) is 5.82 Å². The van der Waals surface area contributed by atoms with Crippen molar-refractivity contribution in [3.63, 3.8) is 0 Å². The number of ether oxygens (including phenoxy) is 2. The fourth-order valence-electron chi connectivity index (χ4n) is 2.99. The van der Waals surface area contributed by atoms with E-state index in [0.717, 1.165) is 17.7 Å². The molecule has 3 aromatic rings. The van der Waals surface area contributed by atoms with E-state index >= 15 is 0 Å². The van der Waals surface area contributed by atoms with Gasteiger partial charge in [-0.1, -0.05) is 12.1 Å². The number of hydrazone groups is 1. The Morgan fingerprint density at radius 3 is 2.39 bits per heavy atom. The largest absolute Gasteiger partial charge is 0.490 e. The molecule has 0 saturated heterocycles. The highest BCUT2D eigenvalue weighted by atomic mass is 19.1. The number of carbonyl (C=O) groups is 3. The van der Waals surface area contributed by atoms with Crippen molar-refractivity contribution < 1.29 is 28.2 Å². The summed E-state index contributed by atoms with van der Waals surface area (Å²) < 4.78 is 24.1. The summed E-state index contributed by atoms with van der Waals surface area (Å²) in [5.74, 6) is -2.01. The number of aryl methyl sites for hydroxylation is 1. The molecule has 0 bridgehead atoms. The van der Waals surface area contributed by atoms with Crippen LogP contribution < -0.4 is 25.5 Å². The molecule has 3 amide bonds. The first kappa shape index (κ1) is 25.9. The molecule has 0 saturated carbocycles. The zero-order valence-corrected chi connectivity index (χ0v) is 19.7. The fourth-order valence-corrected chi connectivity index (χ4v) is 2.99. The van der Waals surface area contributed by atoms with Crippen molar-refractivity contribution in [3.05, 3.63) is 83.7 Å². The molecular formula is C26H25FN4O5. The predicted molar refractivity (Wildman–Crippen MR) is 134 cm³/mol. The number of amides is 3. The highest BCUT2D eigenvalue weighted by Crippen LogP contribution is 2.28. The van der Waals surface area contributed by atoms with E-state index in [-0.39, 0.29) is 18.2 Å². The van der Waals surface area contributed by atoms with E-state index in [1.807, 2.05) is 25.1 Å². The molecule has 0 spiro atoms. The maximum atomic E-state index is 12.9. The summed E-state index contributed by atoms with van der Waals surface area (Å²) in [7, 11) is 0. The lowest BCUT2D eigenvalue weighted by molar-refractivity contribution is -0.136. The Hall–Kier alpha value is -4.73. The maximum Gasteiger partial charge on any atom is 0.329 e. The Kier molecular flexibility index (Phi) is 9.10. The summed E-state index contributed by atoms with van der Waals surface area (Å²) in [5.41, 5.74) is 4.63. The zero-order valence-electron chi connectivity index (χ0n) is 19.7. The lowest BCUT2D eigenvalue weighted by Gasteiger charge is -2.13. The maximum absolute atomic E-state index is 12.9. The third-order valence-electron chi connectivity index (χ3n) is 4.62.